The van der Waals surface area contributed by atoms with Gasteiger partial charge in [0.05, 0.1) is 37.5 Å². The summed E-state index contributed by atoms with van der Waals surface area (Å²) in [6.07, 6.45) is 0.348. The van der Waals surface area contributed by atoms with E-state index in [-0.39, 0.29) is 34.6 Å². The first-order valence-corrected chi connectivity index (χ1v) is 11.4. The maximum atomic E-state index is 12.3. The normalized spacial score (nSPS) is 25.1. The second kappa shape index (κ2) is 7.71. The van der Waals surface area contributed by atoms with E-state index in [4.69, 9.17) is 9.47 Å². The average molecular weight is 413 g/mol. The van der Waals surface area contributed by atoms with E-state index in [1.54, 1.807) is 32.4 Å². The van der Waals surface area contributed by atoms with Crippen LogP contribution in [0.25, 0.3) is 0 Å². The first-order valence-electron chi connectivity index (χ1n) is 8.74. The van der Waals surface area contributed by atoms with Gasteiger partial charge in [0.15, 0.2) is 15.0 Å². The van der Waals surface area contributed by atoms with E-state index in [9.17, 15) is 13.2 Å². The molecule has 0 unspecified atom stereocenters. The zero-order valence-corrected chi connectivity index (χ0v) is 17.5. The lowest BCUT2D eigenvalue weighted by Crippen LogP contribution is -2.38. The molecule has 148 valence electrons. The Balaban J connectivity index is 2.06. The van der Waals surface area contributed by atoms with Crippen LogP contribution in [-0.2, 0) is 14.6 Å². The summed E-state index contributed by atoms with van der Waals surface area (Å²) in [5.41, 5.74) is 0.657. The summed E-state index contributed by atoms with van der Waals surface area (Å²) in [5.74, 6) is 1.30. The molecule has 0 saturated carbocycles. The Morgan fingerprint density at radius 1 is 1.30 bits per heavy atom. The van der Waals surface area contributed by atoms with Crippen molar-refractivity contribution in [3.8, 4) is 11.5 Å². The molecule has 0 spiro atoms. The number of methoxy groups -OCH3 is 2. The van der Waals surface area contributed by atoms with Gasteiger partial charge >= 0.3 is 0 Å². The molecule has 1 aromatic carbocycles. The third kappa shape index (κ3) is 4.24. The molecule has 0 radical (unpaired) electrons. The predicted octanol–water partition coefficient (Wildman–Crippen LogP) is 2.35. The van der Waals surface area contributed by atoms with Crippen LogP contribution in [0.4, 0.5) is 5.69 Å². The average Bonchev–Trinajstić information content (AvgIpc) is 3.04. The Bertz CT molecular complexity index is 867. The molecule has 3 rings (SSSR count). The molecular weight excluding hydrogens is 388 g/mol. The van der Waals surface area contributed by atoms with Gasteiger partial charge in [-0.15, -0.1) is 0 Å². The fraction of sp³-hybridized carbons (Fsp3) is 0.556. The molecule has 0 aromatic heterocycles. The fourth-order valence-electron chi connectivity index (χ4n) is 3.33. The molecule has 1 amide bonds. The number of sulfone groups is 1. The lowest BCUT2D eigenvalue weighted by Gasteiger charge is -2.26. The van der Waals surface area contributed by atoms with Gasteiger partial charge in [-0.1, -0.05) is 25.6 Å². The van der Waals surface area contributed by atoms with Crippen LogP contribution < -0.4 is 14.4 Å². The van der Waals surface area contributed by atoms with Crippen molar-refractivity contribution >= 4 is 38.4 Å². The lowest BCUT2D eigenvalue weighted by molar-refractivity contribution is -0.118. The third-order valence-electron chi connectivity index (χ3n) is 4.52. The molecule has 2 heterocycles. The van der Waals surface area contributed by atoms with E-state index in [0.717, 1.165) is 0 Å². The first kappa shape index (κ1) is 20.0. The minimum absolute atomic E-state index is 0.0302. The van der Waals surface area contributed by atoms with Gasteiger partial charge in [-0.2, -0.15) is 4.99 Å². The molecule has 1 aromatic rings. The van der Waals surface area contributed by atoms with Gasteiger partial charge in [-0.25, -0.2) is 8.42 Å². The number of fused-ring (bicyclic) bond motifs is 1. The van der Waals surface area contributed by atoms with Crippen molar-refractivity contribution in [2.75, 3.05) is 30.6 Å². The van der Waals surface area contributed by atoms with Gasteiger partial charge in [0, 0.05) is 17.7 Å². The summed E-state index contributed by atoms with van der Waals surface area (Å²) in [4.78, 5) is 18.5. The molecule has 2 fully saturated rings. The number of benzene rings is 1. The molecular formula is C18H24N2O5S2. The number of rotatable bonds is 5. The van der Waals surface area contributed by atoms with E-state index in [1.807, 2.05) is 18.7 Å². The van der Waals surface area contributed by atoms with Crippen LogP contribution in [0.2, 0.25) is 0 Å². The zero-order valence-electron chi connectivity index (χ0n) is 15.8. The summed E-state index contributed by atoms with van der Waals surface area (Å²) in [6.45, 7) is 3.92. The van der Waals surface area contributed by atoms with Gasteiger partial charge in [0.1, 0.15) is 11.5 Å². The molecule has 2 aliphatic heterocycles. The van der Waals surface area contributed by atoms with Crippen molar-refractivity contribution < 1.29 is 22.7 Å². The van der Waals surface area contributed by atoms with Crippen molar-refractivity contribution in [1.82, 2.24) is 0 Å². The Kier molecular flexibility index (Phi) is 5.71. The SMILES string of the molecule is COc1ccc(OC)c(N2C(=NC(=O)CC(C)C)S[C@H]3CS(=O)(=O)C[C@H]32)c1. The highest BCUT2D eigenvalue weighted by Crippen LogP contribution is 2.45. The van der Waals surface area contributed by atoms with Crippen LogP contribution in [0, 0.1) is 5.92 Å². The Labute approximate surface area is 164 Å². The first-order chi connectivity index (χ1) is 12.7. The topological polar surface area (TPSA) is 85.3 Å². The lowest BCUT2D eigenvalue weighted by atomic mass is 10.1. The van der Waals surface area contributed by atoms with Crippen molar-refractivity contribution in [3.05, 3.63) is 18.2 Å². The number of nitrogens with zero attached hydrogens (tertiary/aromatic N) is 2. The molecule has 7 nitrogen and oxygen atoms in total. The van der Waals surface area contributed by atoms with E-state index in [1.165, 1.54) is 11.8 Å². The van der Waals surface area contributed by atoms with Crippen LogP contribution in [0.1, 0.15) is 20.3 Å². The molecule has 2 atom stereocenters. The summed E-state index contributed by atoms with van der Waals surface area (Å²) in [6, 6.07) is 5.04. The van der Waals surface area contributed by atoms with Gasteiger partial charge in [-0.05, 0) is 18.1 Å². The van der Waals surface area contributed by atoms with Crippen molar-refractivity contribution in [2.24, 2.45) is 10.9 Å². The number of carbonyl (C=O) groups excluding carboxylic acids is 1. The van der Waals surface area contributed by atoms with Crippen LogP contribution >= 0.6 is 11.8 Å². The number of aliphatic imine (C=N–C) groups is 1. The van der Waals surface area contributed by atoms with Gasteiger partial charge in [0.2, 0.25) is 5.91 Å². The molecule has 2 saturated heterocycles. The number of amidine groups is 1. The number of thioether (sulfide) groups is 1. The molecule has 0 aliphatic carbocycles. The second-order valence-corrected chi connectivity index (χ2v) is 10.5. The fourth-order valence-corrected chi connectivity index (χ4v) is 7.26. The smallest absolute Gasteiger partial charge is 0.248 e. The van der Waals surface area contributed by atoms with Gasteiger partial charge < -0.3 is 14.4 Å². The maximum Gasteiger partial charge on any atom is 0.248 e. The monoisotopic (exact) mass is 412 g/mol. The number of anilines is 1. The van der Waals surface area contributed by atoms with Crippen LogP contribution in [0.15, 0.2) is 23.2 Å². The van der Waals surface area contributed by atoms with Gasteiger partial charge in [-0.3, -0.25) is 4.79 Å². The van der Waals surface area contributed by atoms with Crippen molar-refractivity contribution in [1.29, 1.82) is 0 Å². The predicted molar refractivity (Wildman–Crippen MR) is 108 cm³/mol. The quantitative estimate of drug-likeness (QED) is 0.734. The molecule has 0 bridgehead atoms. The maximum absolute atomic E-state index is 12.3. The van der Waals surface area contributed by atoms with Crippen LogP contribution in [0.5, 0.6) is 11.5 Å². The minimum atomic E-state index is -3.13. The highest BCUT2D eigenvalue weighted by molar-refractivity contribution is 8.16. The summed E-state index contributed by atoms with van der Waals surface area (Å²) in [7, 11) is -0.00956. The molecule has 2 aliphatic rings. The van der Waals surface area contributed by atoms with Crippen molar-refractivity contribution in [3.63, 3.8) is 0 Å². The number of carbonyl (C=O) groups is 1. The van der Waals surface area contributed by atoms with E-state index >= 15 is 0 Å². The standard InChI is InChI=1S/C18H24N2O5S2/c1-11(2)7-17(21)19-18-20(14-9-27(22,23)10-16(14)26-18)13-8-12(24-3)5-6-15(13)25-4/h5-6,8,11,14,16H,7,9-10H2,1-4H3/t14-,16+/m1/s1. The Morgan fingerprint density at radius 3 is 2.67 bits per heavy atom. The van der Waals surface area contributed by atoms with Crippen LogP contribution in [-0.4, -0.2) is 56.5 Å². The van der Waals surface area contributed by atoms with Gasteiger partial charge in [0.25, 0.3) is 0 Å². The molecule has 27 heavy (non-hydrogen) atoms. The Hall–Kier alpha value is -1.74. The molecule has 9 heteroatoms. The number of amides is 1. The van der Waals surface area contributed by atoms with E-state index < -0.39 is 9.84 Å². The Morgan fingerprint density at radius 2 is 2.04 bits per heavy atom. The summed E-state index contributed by atoms with van der Waals surface area (Å²) < 4.78 is 35.1. The summed E-state index contributed by atoms with van der Waals surface area (Å²) in [5, 5.41) is 0.369. The highest BCUT2D eigenvalue weighted by Gasteiger charge is 2.50. The molecule has 0 N–H and O–H groups in total. The highest BCUT2D eigenvalue weighted by atomic mass is 32.2. The largest absolute Gasteiger partial charge is 0.497 e. The van der Waals surface area contributed by atoms with E-state index in [2.05, 4.69) is 4.99 Å². The van der Waals surface area contributed by atoms with E-state index in [0.29, 0.717) is 28.8 Å². The summed E-state index contributed by atoms with van der Waals surface area (Å²) >= 11 is 1.35. The number of hydrogen-bond donors (Lipinski definition) is 0. The van der Waals surface area contributed by atoms with Crippen LogP contribution in [0.3, 0.4) is 0 Å². The number of ether oxygens (including phenoxy) is 2. The third-order valence-corrected chi connectivity index (χ3v) is 7.73. The zero-order chi connectivity index (χ0) is 19.8. The number of hydrogen-bond acceptors (Lipinski definition) is 6. The second-order valence-electron chi connectivity index (χ2n) is 7.09. The minimum Gasteiger partial charge on any atom is -0.497 e. The van der Waals surface area contributed by atoms with Crippen molar-refractivity contribution in [2.45, 2.75) is 31.6 Å².